The molecule has 2 nitrogen and oxygen atoms in total. The maximum atomic E-state index is 13.2. The van der Waals surface area contributed by atoms with Crippen molar-refractivity contribution in [3.8, 4) is 0 Å². The quantitative estimate of drug-likeness (QED) is 0.713. The van der Waals surface area contributed by atoms with Gasteiger partial charge in [0.05, 0.1) is 6.42 Å². The molecule has 0 fully saturated rings. The zero-order valence-corrected chi connectivity index (χ0v) is 7.15. The van der Waals surface area contributed by atoms with Crippen molar-refractivity contribution in [3.63, 3.8) is 0 Å². The highest BCUT2D eigenvalue weighted by atomic mass is 19.4. The second-order valence-corrected chi connectivity index (χ2v) is 3.09. The topological polar surface area (TPSA) is 37.3 Å². The first-order chi connectivity index (χ1) is 5.61. The van der Waals surface area contributed by atoms with Gasteiger partial charge in [-0.3, -0.25) is 4.79 Å². The molecule has 0 aliphatic carbocycles. The van der Waals surface area contributed by atoms with Gasteiger partial charge in [-0.05, 0) is 5.92 Å². The smallest absolute Gasteiger partial charge is 0.423 e. The van der Waals surface area contributed by atoms with Crippen LogP contribution < -0.4 is 0 Å². The van der Waals surface area contributed by atoms with E-state index >= 15 is 0 Å². The molecule has 1 unspecified atom stereocenters. The first-order valence-electron chi connectivity index (χ1n) is 3.58. The number of hydrogen-bond donors (Lipinski definition) is 1. The fourth-order valence-corrected chi connectivity index (χ4v) is 0.852. The van der Waals surface area contributed by atoms with Crippen molar-refractivity contribution in [2.75, 3.05) is 0 Å². The van der Waals surface area contributed by atoms with E-state index in [1.807, 2.05) is 0 Å². The molecule has 0 rings (SSSR count). The lowest BCUT2D eigenvalue weighted by Crippen LogP contribution is -2.47. The lowest BCUT2D eigenvalue weighted by molar-refractivity contribution is -0.248. The molecule has 0 heterocycles. The number of carboxylic acid groups (broad SMARTS) is 1. The number of rotatable bonds is 3. The van der Waals surface area contributed by atoms with Gasteiger partial charge in [-0.15, -0.1) is 0 Å². The molecule has 0 saturated heterocycles. The molecular weight excluding hydrogens is 192 g/mol. The summed E-state index contributed by atoms with van der Waals surface area (Å²) in [6.07, 6.45) is -6.69. The zero-order chi connectivity index (χ0) is 10.9. The molecule has 1 atom stereocenters. The molecule has 0 radical (unpaired) electrons. The van der Waals surface area contributed by atoms with E-state index in [2.05, 4.69) is 0 Å². The molecule has 6 heteroatoms. The van der Waals surface area contributed by atoms with E-state index < -0.39 is 30.2 Å². The van der Waals surface area contributed by atoms with E-state index in [4.69, 9.17) is 5.11 Å². The highest BCUT2D eigenvalue weighted by Crippen LogP contribution is 2.42. The summed E-state index contributed by atoms with van der Waals surface area (Å²) < 4.78 is 49.4. The normalized spacial score (nSPS) is 17.2. The van der Waals surface area contributed by atoms with Crippen LogP contribution in [0.25, 0.3) is 0 Å². The van der Waals surface area contributed by atoms with E-state index in [1.165, 1.54) is 0 Å². The second kappa shape index (κ2) is 3.51. The minimum Gasteiger partial charge on any atom is -0.481 e. The summed E-state index contributed by atoms with van der Waals surface area (Å²) in [6.45, 7) is 1.99. The Balaban J connectivity index is 4.85. The van der Waals surface area contributed by atoms with Crippen molar-refractivity contribution in [3.05, 3.63) is 0 Å². The Morgan fingerprint density at radius 2 is 1.69 bits per heavy atom. The van der Waals surface area contributed by atoms with Gasteiger partial charge >= 0.3 is 12.1 Å². The van der Waals surface area contributed by atoms with Crippen molar-refractivity contribution in [2.24, 2.45) is 5.92 Å². The Hall–Kier alpha value is -0.810. The van der Waals surface area contributed by atoms with Crippen molar-refractivity contribution < 1.29 is 27.5 Å². The number of alkyl halides is 4. The Bertz CT molecular complexity index is 199. The maximum Gasteiger partial charge on any atom is 0.423 e. The molecule has 0 amide bonds. The standard InChI is InChI=1S/C7H10F4O2/c1-4(2)6(8,3-5(12)13)7(9,10)11/h4H,3H2,1-2H3,(H,12,13). The van der Waals surface area contributed by atoms with E-state index in [9.17, 15) is 22.4 Å². The molecule has 0 aromatic rings. The van der Waals surface area contributed by atoms with E-state index in [0.29, 0.717) is 0 Å². The molecule has 0 bridgehead atoms. The van der Waals surface area contributed by atoms with Crippen molar-refractivity contribution in [1.82, 2.24) is 0 Å². The van der Waals surface area contributed by atoms with Crippen LogP contribution in [0.4, 0.5) is 17.6 Å². The van der Waals surface area contributed by atoms with Gasteiger partial charge in [0.25, 0.3) is 0 Å². The summed E-state index contributed by atoms with van der Waals surface area (Å²) >= 11 is 0. The highest BCUT2D eigenvalue weighted by molar-refractivity contribution is 5.68. The number of halogens is 4. The number of carbonyl (C=O) groups is 1. The van der Waals surface area contributed by atoms with Crippen LogP contribution >= 0.6 is 0 Å². The molecule has 0 spiro atoms. The molecular formula is C7H10F4O2. The van der Waals surface area contributed by atoms with Crippen LogP contribution in [-0.2, 0) is 4.79 Å². The summed E-state index contributed by atoms with van der Waals surface area (Å²) in [6, 6.07) is 0. The van der Waals surface area contributed by atoms with Crippen LogP contribution in [0, 0.1) is 5.92 Å². The molecule has 0 aliphatic rings. The lowest BCUT2D eigenvalue weighted by Gasteiger charge is -2.29. The molecule has 13 heavy (non-hydrogen) atoms. The summed E-state index contributed by atoms with van der Waals surface area (Å²) in [5, 5.41) is 8.12. The minimum atomic E-state index is -5.14. The summed E-state index contributed by atoms with van der Waals surface area (Å²) in [7, 11) is 0. The molecule has 1 N–H and O–H groups in total. The average molecular weight is 202 g/mol. The third-order valence-electron chi connectivity index (χ3n) is 1.79. The highest BCUT2D eigenvalue weighted by Gasteiger charge is 2.59. The van der Waals surface area contributed by atoms with Gasteiger partial charge in [-0.1, -0.05) is 13.8 Å². The van der Waals surface area contributed by atoms with E-state index in [-0.39, 0.29) is 0 Å². The summed E-state index contributed by atoms with van der Waals surface area (Å²) in [5.74, 6) is -3.21. The van der Waals surface area contributed by atoms with Crippen LogP contribution in [0.2, 0.25) is 0 Å². The van der Waals surface area contributed by atoms with Crippen LogP contribution in [0.15, 0.2) is 0 Å². The third kappa shape index (κ3) is 2.57. The van der Waals surface area contributed by atoms with Crippen LogP contribution in [-0.4, -0.2) is 22.9 Å². The van der Waals surface area contributed by atoms with E-state index in [1.54, 1.807) is 0 Å². The zero-order valence-electron chi connectivity index (χ0n) is 7.15. The third-order valence-corrected chi connectivity index (χ3v) is 1.79. The van der Waals surface area contributed by atoms with Gasteiger partial charge in [-0.2, -0.15) is 13.2 Å². The van der Waals surface area contributed by atoms with Gasteiger partial charge < -0.3 is 5.11 Å². The predicted molar refractivity (Wildman–Crippen MR) is 37.0 cm³/mol. The van der Waals surface area contributed by atoms with Gasteiger partial charge in [-0.25, -0.2) is 4.39 Å². The second-order valence-electron chi connectivity index (χ2n) is 3.09. The van der Waals surface area contributed by atoms with Crippen LogP contribution in [0.3, 0.4) is 0 Å². The molecule has 0 saturated carbocycles. The Kier molecular flexibility index (Phi) is 3.29. The number of hydrogen-bond acceptors (Lipinski definition) is 1. The SMILES string of the molecule is CC(C)C(F)(CC(=O)O)C(F)(F)F. The molecule has 0 aromatic carbocycles. The van der Waals surface area contributed by atoms with Gasteiger partial charge in [0.15, 0.2) is 0 Å². The fraction of sp³-hybridized carbons (Fsp3) is 0.857. The maximum absolute atomic E-state index is 13.2. The van der Waals surface area contributed by atoms with E-state index in [0.717, 1.165) is 13.8 Å². The van der Waals surface area contributed by atoms with Crippen molar-refractivity contribution in [2.45, 2.75) is 32.1 Å². The number of carboxylic acids is 1. The lowest BCUT2D eigenvalue weighted by atomic mass is 9.88. The van der Waals surface area contributed by atoms with Crippen molar-refractivity contribution in [1.29, 1.82) is 0 Å². The van der Waals surface area contributed by atoms with Gasteiger partial charge in [0.2, 0.25) is 5.67 Å². The van der Waals surface area contributed by atoms with Crippen molar-refractivity contribution >= 4 is 5.97 Å². The molecule has 0 aliphatic heterocycles. The largest absolute Gasteiger partial charge is 0.481 e. The Morgan fingerprint density at radius 3 is 1.77 bits per heavy atom. The predicted octanol–water partition coefficient (Wildman–Crippen LogP) is 2.39. The summed E-state index contributed by atoms with van der Waals surface area (Å²) in [5.41, 5.74) is -3.64. The Labute approximate surface area is 72.5 Å². The monoisotopic (exact) mass is 202 g/mol. The first-order valence-corrected chi connectivity index (χ1v) is 3.58. The first kappa shape index (κ1) is 12.2. The summed E-state index contributed by atoms with van der Waals surface area (Å²) in [4.78, 5) is 10.0. The van der Waals surface area contributed by atoms with Gasteiger partial charge in [0.1, 0.15) is 0 Å². The van der Waals surface area contributed by atoms with Gasteiger partial charge in [0, 0.05) is 0 Å². The Morgan fingerprint density at radius 1 is 1.31 bits per heavy atom. The molecule has 78 valence electrons. The minimum absolute atomic E-state index is 0.996. The fourth-order valence-electron chi connectivity index (χ4n) is 0.852. The van der Waals surface area contributed by atoms with Crippen LogP contribution in [0.1, 0.15) is 20.3 Å². The van der Waals surface area contributed by atoms with Crippen LogP contribution in [0.5, 0.6) is 0 Å². The average Bonchev–Trinajstić information content (AvgIpc) is 1.82. The molecule has 0 aromatic heterocycles. The number of aliphatic carboxylic acids is 1.